The van der Waals surface area contributed by atoms with Crippen molar-refractivity contribution in [3.8, 4) is 17.2 Å². The number of amides is 6. The molecule has 93 heavy (non-hydrogen) atoms. The molecule has 0 spiro atoms. The summed E-state index contributed by atoms with van der Waals surface area (Å²) in [6.45, 7) is 46.8. The lowest BCUT2D eigenvalue weighted by molar-refractivity contribution is -0.123. The Labute approximate surface area is 547 Å². The number of hydrogen-bond acceptors (Lipinski definition) is 18. The number of carbonyl (C=O) groups is 6. The van der Waals surface area contributed by atoms with Gasteiger partial charge in [0, 0.05) is 55.5 Å². The van der Waals surface area contributed by atoms with E-state index < -0.39 is 16.8 Å². The van der Waals surface area contributed by atoms with Gasteiger partial charge in [0.05, 0.1) is 17.1 Å². The van der Waals surface area contributed by atoms with Gasteiger partial charge in [-0.25, -0.2) is 30.7 Å². The van der Waals surface area contributed by atoms with Crippen molar-refractivity contribution in [1.82, 2.24) is 31.0 Å². The SMILES string of the molecule is Cc1cc2c(cc1C(C)C1(C)CN(C(=O)OC(C)(C)C)C1)N1C(=NNC(=O)[C@H]1C)CO2.Cc1cc2c(cc1[C@@H](C)C1(C)CN(C(=O)OC(C)(C)C)C1)N1C(=NNC(=O)[C@H]1C)CO2.Cc1cc2c(cc1[C@H](C)C1(C)CN(C(=O)OC(C)(C)C)C1)N1C(=NNC(=O)[C@H]1C)CO2. The molecule has 0 saturated carbocycles. The van der Waals surface area contributed by atoms with Crippen molar-refractivity contribution in [1.29, 1.82) is 0 Å². The van der Waals surface area contributed by atoms with E-state index in [1.807, 2.05) is 116 Å². The van der Waals surface area contributed by atoms with Gasteiger partial charge in [-0.15, -0.1) is 0 Å². The zero-order valence-corrected chi connectivity index (χ0v) is 58.2. The lowest BCUT2D eigenvalue weighted by Gasteiger charge is -2.51. The lowest BCUT2D eigenvalue weighted by atomic mass is 9.68. The predicted molar refractivity (Wildman–Crippen MR) is 356 cm³/mol. The minimum atomic E-state index is -0.500. The molecule has 9 aliphatic heterocycles. The molecule has 3 N–H and O–H groups in total. The third kappa shape index (κ3) is 13.3. The Bertz CT molecular complexity index is 3250. The molecular weight excluding hydrogens is 1190 g/mol. The van der Waals surface area contributed by atoms with Crippen molar-refractivity contribution in [2.75, 3.05) is 73.8 Å². The maximum Gasteiger partial charge on any atom is 0.410 e. The van der Waals surface area contributed by atoms with Crippen LogP contribution in [0.1, 0.15) is 176 Å². The number of amidine groups is 3. The minimum absolute atomic E-state index is 0.0623. The number of hydrazone groups is 3. The first-order valence-electron chi connectivity index (χ1n) is 32.4. The van der Waals surface area contributed by atoms with E-state index in [-0.39, 0.29) is 88.1 Å². The molecule has 3 aromatic carbocycles. The van der Waals surface area contributed by atoms with E-state index in [2.05, 4.69) is 112 Å². The van der Waals surface area contributed by atoms with Crippen LogP contribution in [-0.4, -0.2) is 162 Å². The highest BCUT2D eigenvalue weighted by Gasteiger charge is 2.51. The normalized spacial score (nSPS) is 22.9. The van der Waals surface area contributed by atoms with E-state index >= 15 is 0 Å². The molecule has 24 heteroatoms. The molecule has 6 amide bonds. The van der Waals surface area contributed by atoms with Gasteiger partial charge in [-0.3, -0.25) is 14.4 Å². The van der Waals surface area contributed by atoms with Crippen LogP contribution in [0.3, 0.4) is 0 Å². The molecule has 6 atom stereocenters. The largest absolute Gasteiger partial charge is 0.483 e. The number of nitrogens with one attached hydrogen (secondary N) is 3. The number of carbonyl (C=O) groups excluding carboxylic acids is 6. The fourth-order valence-electron chi connectivity index (χ4n) is 13.8. The highest BCUT2D eigenvalue weighted by atomic mass is 16.6. The van der Waals surface area contributed by atoms with Crippen molar-refractivity contribution in [2.24, 2.45) is 31.5 Å². The Kier molecular flexibility index (Phi) is 17.6. The number of fused-ring (bicyclic) bond motifs is 9. The van der Waals surface area contributed by atoms with E-state index in [0.29, 0.717) is 76.6 Å². The third-order valence-electron chi connectivity index (χ3n) is 19.7. The number of likely N-dealkylation sites (tertiary alicyclic amines) is 3. The number of aryl methyl sites for hydroxylation is 3. The Balaban J connectivity index is 0.000000153. The van der Waals surface area contributed by atoms with Gasteiger partial charge in [0.15, 0.2) is 17.5 Å². The van der Waals surface area contributed by atoms with E-state index in [4.69, 9.17) is 28.4 Å². The molecule has 0 aliphatic carbocycles. The molecule has 9 heterocycles. The van der Waals surface area contributed by atoms with Gasteiger partial charge >= 0.3 is 18.3 Å². The monoisotopic (exact) mass is 1280 g/mol. The summed E-state index contributed by atoms with van der Waals surface area (Å²) in [6, 6.07) is 11.4. The first-order chi connectivity index (χ1) is 43.2. The van der Waals surface area contributed by atoms with Crippen LogP contribution < -0.4 is 45.2 Å². The molecule has 0 bridgehead atoms. The van der Waals surface area contributed by atoms with Crippen molar-refractivity contribution >= 4 is 70.6 Å². The fraction of sp³-hybridized carbons (Fsp3) is 0.609. The van der Waals surface area contributed by atoms with E-state index in [1.165, 1.54) is 16.7 Å². The van der Waals surface area contributed by atoms with Crippen molar-refractivity contribution < 1.29 is 57.2 Å². The molecule has 12 rings (SSSR count). The number of benzene rings is 3. The zero-order chi connectivity index (χ0) is 68.1. The topological polar surface area (TPSA) is 250 Å². The van der Waals surface area contributed by atoms with Crippen LogP contribution in [0.25, 0.3) is 0 Å². The van der Waals surface area contributed by atoms with Gasteiger partial charge in [-0.1, -0.05) is 41.5 Å². The summed E-state index contributed by atoms with van der Waals surface area (Å²) in [5.41, 5.74) is 15.6. The van der Waals surface area contributed by atoms with Crippen LogP contribution in [0, 0.1) is 37.0 Å². The standard InChI is InChI=1S/3C23H32N4O4/c3*1-13-8-18-17(27-15(3)20(28)25-24-19(27)10-30-18)9-16(13)14(2)23(7)11-26(12-23)21(29)31-22(4,5)6/h3*8-9,14-15H,10-12H2,1-7H3,(H,25,28)/t14?,15-;14-,15+;14-,15-/m101/s1. The van der Waals surface area contributed by atoms with Gasteiger partial charge in [0.1, 0.15) is 72.0 Å². The van der Waals surface area contributed by atoms with Gasteiger partial charge in [0.2, 0.25) is 0 Å². The number of nitrogens with zero attached hydrogens (tertiary/aromatic N) is 9. The molecule has 9 aliphatic rings. The molecular formula is C69H96N12O12. The number of ether oxygens (including phenoxy) is 6. The van der Waals surface area contributed by atoms with Crippen molar-refractivity contribution in [2.45, 2.75) is 198 Å². The van der Waals surface area contributed by atoms with E-state index in [1.54, 1.807) is 14.7 Å². The van der Waals surface area contributed by atoms with E-state index in [9.17, 15) is 28.8 Å². The van der Waals surface area contributed by atoms with Gasteiger partial charge < -0.3 is 57.8 Å². The minimum Gasteiger partial charge on any atom is -0.483 e. The van der Waals surface area contributed by atoms with Crippen molar-refractivity contribution in [3.05, 3.63) is 69.8 Å². The number of anilines is 3. The maximum atomic E-state index is 12.4. The quantitative estimate of drug-likeness (QED) is 0.194. The van der Waals surface area contributed by atoms with Crippen LogP contribution in [0.2, 0.25) is 0 Å². The predicted octanol–water partition coefficient (Wildman–Crippen LogP) is 10.2. The summed E-state index contributed by atoms with van der Waals surface area (Å²) >= 11 is 0. The van der Waals surface area contributed by atoms with Crippen LogP contribution in [-0.2, 0) is 28.6 Å². The molecule has 504 valence electrons. The maximum absolute atomic E-state index is 12.4. The highest BCUT2D eigenvalue weighted by Crippen LogP contribution is 2.51. The molecule has 3 fully saturated rings. The molecule has 0 radical (unpaired) electrons. The average molecular weight is 1290 g/mol. The second kappa shape index (κ2) is 24.2. The second-order valence-electron chi connectivity index (χ2n) is 30.7. The van der Waals surface area contributed by atoms with Gasteiger partial charge in [0.25, 0.3) is 17.7 Å². The summed E-state index contributed by atoms with van der Waals surface area (Å²) in [5.74, 6) is 4.61. The zero-order valence-electron chi connectivity index (χ0n) is 58.2. The Morgan fingerprint density at radius 3 is 0.892 bits per heavy atom. The van der Waals surface area contributed by atoms with E-state index in [0.717, 1.165) is 51.0 Å². The van der Waals surface area contributed by atoms with Gasteiger partial charge in [-0.2, -0.15) is 15.3 Å². The fourth-order valence-corrected chi connectivity index (χ4v) is 13.8. The van der Waals surface area contributed by atoms with Crippen LogP contribution in [0.4, 0.5) is 31.4 Å². The first-order valence-corrected chi connectivity index (χ1v) is 32.4. The summed E-state index contributed by atoms with van der Waals surface area (Å²) in [7, 11) is 0. The summed E-state index contributed by atoms with van der Waals surface area (Å²) in [6.07, 6.45) is -0.787. The van der Waals surface area contributed by atoms with Crippen LogP contribution in [0.15, 0.2) is 51.7 Å². The smallest absolute Gasteiger partial charge is 0.410 e. The number of rotatable bonds is 6. The third-order valence-corrected chi connectivity index (χ3v) is 19.7. The average Bonchev–Trinajstić information content (AvgIpc) is 0.756. The first kappa shape index (κ1) is 67.6. The molecule has 3 saturated heterocycles. The number of hydrogen-bond donors (Lipinski definition) is 3. The summed E-state index contributed by atoms with van der Waals surface area (Å²) in [4.78, 5) is 85.0. The van der Waals surface area contributed by atoms with Crippen LogP contribution >= 0.6 is 0 Å². The Hall–Kier alpha value is -8.31. The molecule has 3 aromatic rings. The molecule has 1 unspecified atom stereocenters. The molecule has 24 nitrogen and oxygen atoms in total. The Morgan fingerprint density at radius 1 is 0.452 bits per heavy atom. The summed E-state index contributed by atoms with van der Waals surface area (Å²) in [5, 5.41) is 12.5. The highest BCUT2D eigenvalue weighted by molar-refractivity contribution is 6.11. The van der Waals surface area contributed by atoms with Gasteiger partial charge in [-0.05, 0) is 191 Å². The second-order valence-corrected chi connectivity index (χ2v) is 30.7. The Morgan fingerprint density at radius 2 is 0.677 bits per heavy atom. The molecule has 0 aromatic heterocycles. The summed E-state index contributed by atoms with van der Waals surface area (Å²) < 4.78 is 34.3. The lowest BCUT2D eigenvalue weighted by Crippen LogP contribution is -2.60. The van der Waals surface area contributed by atoms with Crippen molar-refractivity contribution in [3.63, 3.8) is 0 Å². The van der Waals surface area contributed by atoms with Crippen LogP contribution in [0.5, 0.6) is 17.2 Å².